The van der Waals surface area contributed by atoms with Gasteiger partial charge in [-0.25, -0.2) is 0 Å². The van der Waals surface area contributed by atoms with Gasteiger partial charge >= 0.3 is 0 Å². The summed E-state index contributed by atoms with van der Waals surface area (Å²) in [6.45, 7) is 2.23. The van der Waals surface area contributed by atoms with E-state index >= 15 is 0 Å². The van der Waals surface area contributed by atoms with Crippen LogP contribution in [-0.2, 0) is 4.79 Å². The van der Waals surface area contributed by atoms with Crippen molar-refractivity contribution in [3.8, 4) is 0 Å². The molecule has 0 spiro atoms. The van der Waals surface area contributed by atoms with Crippen molar-refractivity contribution in [2.24, 2.45) is 5.73 Å². The van der Waals surface area contributed by atoms with Crippen LogP contribution in [0.5, 0.6) is 0 Å². The average molecular weight is 205 g/mol. The Bertz CT molecular complexity index is 141. The van der Waals surface area contributed by atoms with Gasteiger partial charge in [-0.05, 0) is 14.1 Å². The summed E-state index contributed by atoms with van der Waals surface area (Å²) >= 11 is 1.57. The quantitative estimate of drug-likeness (QED) is 0.543. The second-order valence-electron chi connectivity index (χ2n) is 2.99. The number of nitrogens with zero attached hydrogens (tertiary/aromatic N) is 1. The van der Waals surface area contributed by atoms with Crippen LogP contribution in [0, 0.1) is 0 Å². The molecule has 0 saturated heterocycles. The molecule has 0 radical (unpaired) electrons. The molecule has 0 heterocycles. The minimum atomic E-state index is 0.0975. The average Bonchev–Trinajstić information content (AvgIpc) is 2.04. The van der Waals surface area contributed by atoms with Gasteiger partial charge in [0.05, 0.1) is 5.75 Å². The Hall–Kier alpha value is -0.260. The van der Waals surface area contributed by atoms with E-state index in [1.165, 1.54) is 0 Å². The molecule has 0 bridgehead atoms. The SMILES string of the molecule is CN(C)CCNC(=O)CSCCN. The van der Waals surface area contributed by atoms with E-state index < -0.39 is 0 Å². The molecule has 0 rings (SSSR count). The predicted octanol–water partition coefficient (Wildman–Crippen LogP) is -0.644. The van der Waals surface area contributed by atoms with Crippen LogP contribution in [0.25, 0.3) is 0 Å². The third-order valence-corrected chi connectivity index (χ3v) is 2.37. The molecule has 5 heteroatoms. The Morgan fingerprint density at radius 1 is 1.54 bits per heavy atom. The summed E-state index contributed by atoms with van der Waals surface area (Å²) in [4.78, 5) is 13.1. The summed E-state index contributed by atoms with van der Waals surface area (Å²) < 4.78 is 0. The number of hydrogen-bond donors (Lipinski definition) is 2. The highest BCUT2D eigenvalue weighted by Gasteiger charge is 1.99. The second-order valence-corrected chi connectivity index (χ2v) is 4.10. The smallest absolute Gasteiger partial charge is 0.230 e. The summed E-state index contributed by atoms with van der Waals surface area (Å²) in [6.07, 6.45) is 0. The molecular weight excluding hydrogens is 186 g/mol. The largest absolute Gasteiger partial charge is 0.354 e. The van der Waals surface area contributed by atoms with Crippen molar-refractivity contribution in [3.63, 3.8) is 0 Å². The highest BCUT2D eigenvalue weighted by atomic mass is 32.2. The van der Waals surface area contributed by atoms with Gasteiger partial charge in [0.2, 0.25) is 5.91 Å². The van der Waals surface area contributed by atoms with E-state index in [0.29, 0.717) is 12.3 Å². The van der Waals surface area contributed by atoms with Crippen molar-refractivity contribution in [2.45, 2.75) is 0 Å². The zero-order valence-corrected chi connectivity index (χ0v) is 9.19. The molecule has 0 unspecified atom stereocenters. The van der Waals surface area contributed by atoms with Crippen LogP contribution in [0.4, 0.5) is 0 Å². The van der Waals surface area contributed by atoms with Crippen molar-refractivity contribution in [3.05, 3.63) is 0 Å². The highest BCUT2D eigenvalue weighted by Crippen LogP contribution is 1.95. The van der Waals surface area contributed by atoms with E-state index in [-0.39, 0.29) is 5.91 Å². The number of rotatable bonds is 7. The lowest BCUT2D eigenvalue weighted by atomic mass is 10.5. The van der Waals surface area contributed by atoms with Crippen molar-refractivity contribution in [1.82, 2.24) is 10.2 Å². The third-order valence-electron chi connectivity index (χ3n) is 1.38. The van der Waals surface area contributed by atoms with Gasteiger partial charge in [0.25, 0.3) is 0 Å². The van der Waals surface area contributed by atoms with Gasteiger partial charge in [-0.15, -0.1) is 0 Å². The zero-order chi connectivity index (χ0) is 10.1. The molecule has 0 aromatic rings. The summed E-state index contributed by atoms with van der Waals surface area (Å²) in [5.74, 6) is 1.46. The van der Waals surface area contributed by atoms with Gasteiger partial charge in [0, 0.05) is 25.4 Å². The zero-order valence-electron chi connectivity index (χ0n) is 8.38. The van der Waals surface area contributed by atoms with Crippen LogP contribution < -0.4 is 11.1 Å². The molecule has 78 valence electrons. The Kier molecular flexibility index (Phi) is 8.18. The van der Waals surface area contributed by atoms with Gasteiger partial charge in [-0.3, -0.25) is 4.79 Å². The van der Waals surface area contributed by atoms with Gasteiger partial charge < -0.3 is 16.0 Å². The van der Waals surface area contributed by atoms with E-state index in [4.69, 9.17) is 5.73 Å². The first kappa shape index (κ1) is 12.7. The maximum Gasteiger partial charge on any atom is 0.230 e. The van der Waals surface area contributed by atoms with Gasteiger partial charge in [-0.1, -0.05) is 0 Å². The molecule has 0 atom stereocenters. The predicted molar refractivity (Wildman–Crippen MR) is 57.9 cm³/mol. The van der Waals surface area contributed by atoms with E-state index in [2.05, 4.69) is 5.32 Å². The first-order chi connectivity index (χ1) is 6.16. The van der Waals surface area contributed by atoms with Crippen LogP contribution in [0.3, 0.4) is 0 Å². The third kappa shape index (κ3) is 9.66. The van der Waals surface area contributed by atoms with Gasteiger partial charge in [-0.2, -0.15) is 11.8 Å². The Labute approximate surface area is 84.2 Å². The Morgan fingerprint density at radius 2 is 2.23 bits per heavy atom. The molecule has 4 nitrogen and oxygen atoms in total. The summed E-state index contributed by atoms with van der Waals surface area (Å²) in [6, 6.07) is 0. The van der Waals surface area contributed by atoms with E-state index in [9.17, 15) is 4.79 Å². The number of nitrogens with two attached hydrogens (primary N) is 1. The second kappa shape index (κ2) is 8.34. The fraction of sp³-hybridized carbons (Fsp3) is 0.875. The number of carbonyl (C=O) groups excluding carboxylic acids is 1. The maximum absolute atomic E-state index is 11.1. The van der Waals surface area contributed by atoms with Crippen LogP contribution in [0.2, 0.25) is 0 Å². The maximum atomic E-state index is 11.1. The van der Waals surface area contributed by atoms with Crippen LogP contribution in [-0.4, -0.2) is 56.0 Å². The number of likely N-dealkylation sites (N-methyl/N-ethyl adjacent to an activating group) is 1. The fourth-order valence-electron chi connectivity index (χ4n) is 0.718. The molecule has 0 aliphatic heterocycles. The summed E-state index contributed by atoms with van der Waals surface area (Å²) in [5, 5.41) is 2.83. The molecule has 1 amide bonds. The van der Waals surface area contributed by atoms with Crippen LogP contribution in [0.15, 0.2) is 0 Å². The molecule has 0 fully saturated rings. The lowest BCUT2D eigenvalue weighted by Gasteiger charge is -2.09. The fourth-order valence-corrected chi connectivity index (χ4v) is 1.32. The van der Waals surface area contributed by atoms with Gasteiger partial charge in [0.1, 0.15) is 0 Å². The molecule has 0 aliphatic rings. The Morgan fingerprint density at radius 3 is 2.77 bits per heavy atom. The van der Waals surface area contributed by atoms with Crippen molar-refractivity contribution in [1.29, 1.82) is 0 Å². The number of thioether (sulfide) groups is 1. The first-order valence-electron chi connectivity index (χ1n) is 4.36. The molecule has 0 aromatic carbocycles. The molecule has 0 aliphatic carbocycles. The number of amides is 1. The molecule has 0 aromatic heterocycles. The van der Waals surface area contributed by atoms with E-state index in [0.717, 1.165) is 18.8 Å². The topological polar surface area (TPSA) is 58.4 Å². The van der Waals surface area contributed by atoms with Crippen molar-refractivity contribution >= 4 is 17.7 Å². The van der Waals surface area contributed by atoms with Crippen molar-refractivity contribution < 1.29 is 4.79 Å². The van der Waals surface area contributed by atoms with Crippen LogP contribution >= 0.6 is 11.8 Å². The molecule has 3 N–H and O–H groups in total. The van der Waals surface area contributed by atoms with Crippen molar-refractivity contribution in [2.75, 3.05) is 45.2 Å². The van der Waals surface area contributed by atoms with E-state index in [1.54, 1.807) is 11.8 Å². The van der Waals surface area contributed by atoms with Crippen LogP contribution in [0.1, 0.15) is 0 Å². The number of hydrogen-bond acceptors (Lipinski definition) is 4. The van der Waals surface area contributed by atoms with Gasteiger partial charge in [0.15, 0.2) is 0 Å². The highest BCUT2D eigenvalue weighted by molar-refractivity contribution is 7.99. The summed E-state index contributed by atoms with van der Waals surface area (Å²) in [7, 11) is 3.96. The molecular formula is C8H19N3OS. The lowest BCUT2D eigenvalue weighted by molar-refractivity contribution is -0.118. The molecule has 13 heavy (non-hydrogen) atoms. The number of nitrogens with one attached hydrogen (secondary N) is 1. The standard InChI is InChI=1S/C8H19N3OS/c1-11(2)5-4-10-8(12)7-13-6-3-9/h3-7,9H2,1-2H3,(H,10,12). The number of carbonyl (C=O) groups is 1. The summed E-state index contributed by atoms with van der Waals surface area (Å²) in [5.41, 5.74) is 5.30. The minimum absolute atomic E-state index is 0.0975. The normalized spacial score (nSPS) is 10.5. The Balaban J connectivity index is 3.20. The van der Waals surface area contributed by atoms with E-state index in [1.807, 2.05) is 19.0 Å². The first-order valence-corrected chi connectivity index (χ1v) is 5.51. The minimum Gasteiger partial charge on any atom is -0.354 e. The monoisotopic (exact) mass is 205 g/mol. The molecule has 0 saturated carbocycles. The lowest BCUT2D eigenvalue weighted by Crippen LogP contribution is -2.32.